The molecule has 2 N–H and O–H groups in total. The lowest BCUT2D eigenvalue weighted by Gasteiger charge is -2.59. The van der Waals surface area contributed by atoms with Gasteiger partial charge in [0, 0.05) is 12.5 Å². The van der Waals surface area contributed by atoms with Crippen LogP contribution in [0.3, 0.4) is 0 Å². The molecule has 0 aromatic carbocycles. The predicted octanol–water partition coefficient (Wildman–Crippen LogP) is 4.23. The van der Waals surface area contributed by atoms with E-state index in [4.69, 9.17) is 0 Å². The SMILES string of the molecule is C=C[C@@]1(C)CCC2=C(C[C@H](O)C3[C@](C)(CO)CCC[C@]23C)C1. The first-order valence-electron chi connectivity index (χ1n) is 8.92. The van der Waals surface area contributed by atoms with E-state index in [1.807, 2.05) is 0 Å². The molecule has 0 saturated heterocycles. The third-order valence-electron chi connectivity index (χ3n) is 7.26. The Labute approximate surface area is 135 Å². The van der Waals surface area contributed by atoms with Crippen LogP contribution in [-0.4, -0.2) is 22.9 Å². The quantitative estimate of drug-likeness (QED) is 0.750. The lowest BCUT2D eigenvalue weighted by Crippen LogP contribution is -2.55. The van der Waals surface area contributed by atoms with E-state index < -0.39 is 0 Å². The van der Waals surface area contributed by atoms with Gasteiger partial charge in [-0.05, 0) is 54.8 Å². The maximum absolute atomic E-state index is 10.9. The summed E-state index contributed by atoms with van der Waals surface area (Å²) in [5, 5.41) is 20.9. The molecule has 0 aromatic heterocycles. The van der Waals surface area contributed by atoms with Crippen LogP contribution in [0.4, 0.5) is 0 Å². The number of rotatable bonds is 2. The Morgan fingerprint density at radius 1 is 1.23 bits per heavy atom. The molecule has 3 aliphatic carbocycles. The molecule has 0 spiro atoms. The summed E-state index contributed by atoms with van der Waals surface area (Å²) >= 11 is 0. The predicted molar refractivity (Wildman–Crippen MR) is 90.4 cm³/mol. The molecule has 2 nitrogen and oxygen atoms in total. The van der Waals surface area contributed by atoms with Crippen LogP contribution in [0, 0.1) is 22.2 Å². The smallest absolute Gasteiger partial charge is 0.0619 e. The highest BCUT2D eigenvalue weighted by molar-refractivity contribution is 5.34. The fraction of sp³-hybridized carbons (Fsp3) is 0.800. The largest absolute Gasteiger partial charge is 0.396 e. The van der Waals surface area contributed by atoms with Crippen molar-refractivity contribution in [3.05, 3.63) is 23.8 Å². The highest BCUT2D eigenvalue weighted by Crippen LogP contribution is 2.62. The topological polar surface area (TPSA) is 40.5 Å². The molecule has 3 aliphatic rings. The summed E-state index contributed by atoms with van der Waals surface area (Å²) in [4.78, 5) is 0. The Hall–Kier alpha value is -0.600. The first-order valence-corrected chi connectivity index (χ1v) is 8.92. The molecule has 1 fully saturated rings. The van der Waals surface area contributed by atoms with Gasteiger partial charge in [0.05, 0.1) is 6.10 Å². The van der Waals surface area contributed by atoms with Gasteiger partial charge < -0.3 is 10.2 Å². The van der Waals surface area contributed by atoms with E-state index in [-0.39, 0.29) is 34.9 Å². The molecule has 0 aromatic rings. The van der Waals surface area contributed by atoms with E-state index in [2.05, 4.69) is 33.4 Å². The molecular formula is C20H32O2. The zero-order chi connectivity index (χ0) is 16.2. The maximum Gasteiger partial charge on any atom is 0.0619 e. The van der Waals surface area contributed by atoms with Crippen molar-refractivity contribution in [3.63, 3.8) is 0 Å². The average molecular weight is 304 g/mol. The monoisotopic (exact) mass is 304 g/mol. The molecule has 0 radical (unpaired) electrons. The van der Waals surface area contributed by atoms with Crippen LogP contribution in [0.5, 0.6) is 0 Å². The standard InChI is InChI=1S/C20H32O2/c1-5-18(2)10-7-15-14(12-18)11-16(22)17-19(3,13-21)8-6-9-20(15,17)4/h5,16-17,21-22H,1,6-13H2,2-4H3/t16-,17?,18-,19-,20+/m0/s1. The Morgan fingerprint density at radius 2 is 1.95 bits per heavy atom. The Bertz CT molecular complexity index is 508. The van der Waals surface area contributed by atoms with Crippen molar-refractivity contribution in [2.45, 2.75) is 71.8 Å². The van der Waals surface area contributed by atoms with Gasteiger partial charge in [0.25, 0.3) is 0 Å². The molecule has 0 heterocycles. The molecule has 5 atom stereocenters. The van der Waals surface area contributed by atoms with Crippen LogP contribution in [0.15, 0.2) is 23.8 Å². The summed E-state index contributed by atoms with van der Waals surface area (Å²) < 4.78 is 0. The van der Waals surface area contributed by atoms with Crippen LogP contribution in [-0.2, 0) is 0 Å². The molecule has 0 aliphatic heterocycles. The first-order chi connectivity index (χ1) is 10.3. The van der Waals surface area contributed by atoms with E-state index in [9.17, 15) is 10.2 Å². The fourth-order valence-corrected chi connectivity index (χ4v) is 6.04. The molecule has 1 unspecified atom stereocenters. The molecular weight excluding hydrogens is 272 g/mol. The Morgan fingerprint density at radius 3 is 2.59 bits per heavy atom. The van der Waals surface area contributed by atoms with Gasteiger partial charge in [0.2, 0.25) is 0 Å². The van der Waals surface area contributed by atoms with Crippen molar-refractivity contribution in [1.29, 1.82) is 0 Å². The molecule has 0 bridgehead atoms. The van der Waals surface area contributed by atoms with Gasteiger partial charge in [-0.1, -0.05) is 44.4 Å². The van der Waals surface area contributed by atoms with Crippen LogP contribution in [0.1, 0.15) is 65.7 Å². The van der Waals surface area contributed by atoms with Gasteiger partial charge in [-0.25, -0.2) is 0 Å². The molecule has 124 valence electrons. The van der Waals surface area contributed by atoms with Crippen LogP contribution in [0.25, 0.3) is 0 Å². The summed E-state index contributed by atoms with van der Waals surface area (Å²) in [5.41, 5.74) is 3.23. The van der Waals surface area contributed by atoms with Gasteiger partial charge in [-0.15, -0.1) is 6.58 Å². The summed E-state index contributed by atoms with van der Waals surface area (Å²) in [7, 11) is 0. The van der Waals surface area contributed by atoms with Gasteiger partial charge in [-0.3, -0.25) is 0 Å². The van der Waals surface area contributed by atoms with Crippen molar-refractivity contribution >= 4 is 0 Å². The van der Waals surface area contributed by atoms with Crippen molar-refractivity contribution < 1.29 is 10.2 Å². The van der Waals surface area contributed by atoms with Crippen molar-refractivity contribution in [1.82, 2.24) is 0 Å². The zero-order valence-electron chi connectivity index (χ0n) is 14.5. The number of allylic oxidation sites excluding steroid dienone is 2. The lowest BCUT2D eigenvalue weighted by atomic mass is 9.47. The van der Waals surface area contributed by atoms with E-state index in [0.717, 1.165) is 38.5 Å². The minimum Gasteiger partial charge on any atom is -0.396 e. The highest BCUT2D eigenvalue weighted by Gasteiger charge is 2.56. The second-order valence-electron chi connectivity index (χ2n) is 8.95. The Kier molecular flexibility index (Phi) is 3.85. The van der Waals surface area contributed by atoms with Gasteiger partial charge in [-0.2, -0.15) is 0 Å². The Balaban J connectivity index is 2.04. The number of fused-ring (bicyclic) bond motifs is 2. The van der Waals surface area contributed by atoms with Crippen LogP contribution >= 0.6 is 0 Å². The van der Waals surface area contributed by atoms with Crippen LogP contribution < -0.4 is 0 Å². The normalized spacial score (nSPS) is 48.6. The zero-order valence-corrected chi connectivity index (χ0v) is 14.5. The third kappa shape index (κ3) is 2.22. The van der Waals surface area contributed by atoms with E-state index in [1.54, 1.807) is 5.57 Å². The van der Waals surface area contributed by atoms with Gasteiger partial charge in [0.1, 0.15) is 0 Å². The van der Waals surface area contributed by atoms with Crippen molar-refractivity contribution in [2.24, 2.45) is 22.2 Å². The second-order valence-corrected chi connectivity index (χ2v) is 8.95. The minimum atomic E-state index is -0.312. The first kappa shape index (κ1) is 16.3. The molecule has 22 heavy (non-hydrogen) atoms. The molecule has 1 saturated carbocycles. The van der Waals surface area contributed by atoms with Gasteiger partial charge >= 0.3 is 0 Å². The van der Waals surface area contributed by atoms with Crippen LogP contribution in [0.2, 0.25) is 0 Å². The summed E-state index contributed by atoms with van der Waals surface area (Å²) in [6.07, 6.45) is 9.32. The van der Waals surface area contributed by atoms with Crippen molar-refractivity contribution in [2.75, 3.05) is 6.61 Å². The molecule has 0 amide bonds. The van der Waals surface area contributed by atoms with E-state index >= 15 is 0 Å². The molecule has 3 rings (SSSR count). The molecule has 2 heteroatoms. The summed E-state index contributed by atoms with van der Waals surface area (Å²) in [6.45, 7) is 11.1. The third-order valence-corrected chi connectivity index (χ3v) is 7.26. The van der Waals surface area contributed by atoms with Crippen molar-refractivity contribution in [3.8, 4) is 0 Å². The summed E-state index contributed by atoms with van der Waals surface area (Å²) in [6, 6.07) is 0. The number of hydrogen-bond acceptors (Lipinski definition) is 2. The maximum atomic E-state index is 10.9. The van der Waals surface area contributed by atoms with E-state index in [1.165, 1.54) is 12.0 Å². The minimum absolute atomic E-state index is 0.0746. The second kappa shape index (κ2) is 5.21. The summed E-state index contributed by atoms with van der Waals surface area (Å²) in [5.74, 6) is 0.200. The highest BCUT2D eigenvalue weighted by atomic mass is 16.3. The number of hydrogen-bond donors (Lipinski definition) is 2. The van der Waals surface area contributed by atoms with Gasteiger partial charge in [0.15, 0.2) is 0 Å². The average Bonchev–Trinajstić information content (AvgIpc) is 2.46. The number of aliphatic hydroxyl groups is 2. The van der Waals surface area contributed by atoms with E-state index in [0.29, 0.717) is 0 Å². The number of aliphatic hydroxyl groups excluding tert-OH is 2. The fourth-order valence-electron chi connectivity index (χ4n) is 6.04. The lowest BCUT2D eigenvalue weighted by molar-refractivity contribution is -0.105.